The van der Waals surface area contributed by atoms with Crippen LogP contribution in [0.5, 0.6) is 0 Å². The molecule has 53 heavy (non-hydrogen) atoms. The number of carbonyl (C=O) groups excluding carboxylic acids is 2. The molecule has 0 aliphatic carbocycles. The summed E-state index contributed by atoms with van der Waals surface area (Å²) in [5, 5.41) is 0. The zero-order valence-corrected chi connectivity index (χ0v) is 35.3. The summed E-state index contributed by atoms with van der Waals surface area (Å²) in [6.07, 6.45) is 40.4. The molecule has 0 aromatic rings. The molecule has 0 amide bonds. The molecular weight excluding hydrogens is 689 g/mol. The molecule has 0 saturated carbocycles. The fourth-order valence-corrected chi connectivity index (χ4v) is 6.44. The van der Waals surface area contributed by atoms with E-state index in [2.05, 4.69) is 50.3 Å². The summed E-state index contributed by atoms with van der Waals surface area (Å²) in [6.45, 7) is 4.20. The van der Waals surface area contributed by atoms with E-state index in [1.807, 2.05) is 19.0 Å². The van der Waals surface area contributed by atoms with Gasteiger partial charge in [-0.15, -0.1) is 0 Å². The Morgan fingerprint density at radius 1 is 0.604 bits per heavy atom. The van der Waals surface area contributed by atoms with Gasteiger partial charge in [0, 0.05) is 19.4 Å². The largest absolute Gasteiger partial charge is 0.472 e. The predicted molar refractivity (Wildman–Crippen MR) is 220 cm³/mol. The van der Waals surface area contributed by atoms with Crippen LogP contribution in [0.3, 0.4) is 0 Å². The third-order valence-electron chi connectivity index (χ3n) is 8.96. The molecule has 1 N–H and O–H groups in total. The van der Waals surface area contributed by atoms with E-state index >= 15 is 0 Å². The van der Waals surface area contributed by atoms with Crippen molar-refractivity contribution in [1.29, 1.82) is 0 Å². The van der Waals surface area contributed by atoms with E-state index in [1.54, 1.807) is 0 Å². The molecule has 0 radical (unpaired) electrons. The number of likely N-dealkylation sites (N-methyl/N-ethyl adjacent to an activating group) is 1. The number of hydrogen-bond acceptors (Lipinski definition) is 8. The van der Waals surface area contributed by atoms with Gasteiger partial charge in [-0.1, -0.05) is 159 Å². The first-order chi connectivity index (χ1) is 25.7. The third-order valence-corrected chi connectivity index (χ3v) is 9.95. The fourth-order valence-electron chi connectivity index (χ4n) is 5.70. The summed E-state index contributed by atoms with van der Waals surface area (Å²) in [5.74, 6) is -0.819. The number of esters is 2. The van der Waals surface area contributed by atoms with Gasteiger partial charge in [0.05, 0.1) is 13.2 Å². The van der Waals surface area contributed by atoms with E-state index in [0.717, 1.165) is 70.6 Å². The number of rotatable bonds is 39. The molecular formula is C43H80NO8P. The number of ether oxygens (including phenoxy) is 2. The molecule has 2 atom stereocenters. The Kier molecular flexibility index (Phi) is 37.2. The first-order valence-electron chi connectivity index (χ1n) is 21.3. The highest BCUT2D eigenvalue weighted by molar-refractivity contribution is 7.47. The molecule has 310 valence electrons. The number of phosphoric ester groups is 1. The van der Waals surface area contributed by atoms with E-state index in [-0.39, 0.29) is 32.0 Å². The Hall–Kier alpha value is -1.77. The van der Waals surface area contributed by atoms with Crippen LogP contribution in [0.25, 0.3) is 0 Å². The number of hydrogen-bond donors (Lipinski definition) is 1. The van der Waals surface area contributed by atoms with Crippen LogP contribution in [0.4, 0.5) is 0 Å². The molecule has 0 aliphatic rings. The molecule has 0 saturated heterocycles. The summed E-state index contributed by atoms with van der Waals surface area (Å²) >= 11 is 0. The van der Waals surface area contributed by atoms with Gasteiger partial charge in [0.2, 0.25) is 0 Å². The average Bonchev–Trinajstić information content (AvgIpc) is 3.12. The van der Waals surface area contributed by atoms with E-state index in [1.165, 1.54) is 77.0 Å². The molecule has 10 heteroatoms. The standard InChI is InChI=1S/C43H80NO8P/c1-5-7-9-11-13-15-17-19-21-23-25-27-29-31-33-35-42(45)49-39-41(40-51-53(47,48)50-38-37-44(3)4)52-43(46)36-34-32-30-28-26-24-22-20-18-16-14-12-10-8-6-2/h7,9,13,15,19,21,41H,5-6,8,10-12,14,16-18,20,22-40H2,1-4H3,(H,47,48)/b9-7-,15-13-,21-19-. The predicted octanol–water partition coefficient (Wildman–Crippen LogP) is 12.0. The van der Waals surface area contributed by atoms with Crippen LogP contribution in [-0.2, 0) is 32.7 Å². The van der Waals surface area contributed by atoms with E-state index in [0.29, 0.717) is 13.0 Å². The van der Waals surface area contributed by atoms with E-state index < -0.39 is 26.5 Å². The SMILES string of the molecule is CC/C=C\C/C=C\C/C=C\CCCCCCCC(=O)OCC(COP(=O)(O)OCCN(C)C)OC(=O)CCCCCCCCCCCCCCCCC. The lowest BCUT2D eigenvalue weighted by atomic mass is 10.0. The minimum Gasteiger partial charge on any atom is -0.462 e. The van der Waals surface area contributed by atoms with Gasteiger partial charge in [0.15, 0.2) is 6.10 Å². The second-order valence-electron chi connectivity index (χ2n) is 14.5. The van der Waals surface area contributed by atoms with Crippen LogP contribution >= 0.6 is 7.82 Å². The first-order valence-corrected chi connectivity index (χ1v) is 22.8. The lowest BCUT2D eigenvalue weighted by Crippen LogP contribution is -2.29. The van der Waals surface area contributed by atoms with Crippen molar-refractivity contribution in [2.24, 2.45) is 0 Å². The van der Waals surface area contributed by atoms with Gasteiger partial charge >= 0.3 is 19.8 Å². The molecule has 0 bridgehead atoms. The lowest BCUT2D eigenvalue weighted by Gasteiger charge is -2.20. The van der Waals surface area contributed by atoms with Crippen molar-refractivity contribution in [3.8, 4) is 0 Å². The Labute approximate surface area is 325 Å². The van der Waals surface area contributed by atoms with Crippen molar-refractivity contribution in [2.75, 3.05) is 40.5 Å². The Morgan fingerprint density at radius 2 is 1.08 bits per heavy atom. The monoisotopic (exact) mass is 770 g/mol. The number of carbonyl (C=O) groups is 2. The molecule has 0 spiro atoms. The molecule has 0 aliphatic heterocycles. The van der Waals surface area contributed by atoms with Crippen LogP contribution in [-0.4, -0.2) is 68.3 Å². The summed E-state index contributed by atoms with van der Waals surface area (Å²) < 4.78 is 33.4. The summed E-state index contributed by atoms with van der Waals surface area (Å²) in [5.41, 5.74) is 0. The van der Waals surface area contributed by atoms with Crippen LogP contribution in [0.15, 0.2) is 36.5 Å². The van der Waals surface area contributed by atoms with Crippen molar-refractivity contribution in [2.45, 2.75) is 187 Å². The van der Waals surface area contributed by atoms with Crippen molar-refractivity contribution in [1.82, 2.24) is 4.90 Å². The fraction of sp³-hybridized carbons (Fsp3) is 0.814. The van der Waals surface area contributed by atoms with Crippen LogP contribution in [0.1, 0.15) is 181 Å². The molecule has 9 nitrogen and oxygen atoms in total. The Bertz CT molecular complexity index is 983. The summed E-state index contributed by atoms with van der Waals surface area (Å²) in [7, 11) is -0.717. The number of phosphoric acid groups is 1. The highest BCUT2D eigenvalue weighted by Gasteiger charge is 2.26. The van der Waals surface area contributed by atoms with Gasteiger partial charge in [-0.25, -0.2) is 4.57 Å². The van der Waals surface area contributed by atoms with Gasteiger partial charge in [-0.05, 0) is 59.0 Å². The maximum Gasteiger partial charge on any atom is 0.472 e. The minimum absolute atomic E-state index is 0.00510. The van der Waals surface area contributed by atoms with Gasteiger partial charge in [0.25, 0.3) is 0 Å². The van der Waals surface area contributed by atoms with Gasteiger partial charge in [0.1, 0.15) is 6.61 Å². The van der Waals surface area contributed by atoms with Crippen molar-refractivity contribution < 1.29 is 37.6 Å². The second kappa shape index (κ2) is 38.5. The highest BCUT2D eigenvalue weighted by atomic mass is 31.2. The molecule has 0 aromatic carbocycles. The normalized spacial score (nSPS) is 13.8. The minimum atomic E-state index is -4.36. The molecule has 2 unspecified atom stereocenters. The third kappa shape index (κ3) is 39.7. The second-order valence-corrected chi connectivity index (χ2v) is 15.9. The zero-order valence-electron chi connectivity index (χ0n) is 34.5. The lowest BCUT2D eigenvalue weighted by molar-refractivity contribution is -0.161. The van der Waals surface area contributed by atoms with Crippen molar-refractivity contribution in [3.05, 3.63) is 36.5 Å². The van der Waals surface area contributed by atoms with Crippen molar-refractivity contribution in [3.63, 3.8) is 0 Å². The molecule has 0 rings (SSSR count). The van der Waals surface area contributed by atoms with Gasteiger partial charge < -0.3 is 19.3 Å². The quantitative estimate of drug-likeness (QED) is 0.0282. The van der Waals surface area contributed by atoms with Crippen LogP contribution < -0.4 is 0 Å². The maximum absolute atomic E-state index is 12.6. The van der Waals surface area contributed by atoms with Crippen molar-refractivity contribution >= 4 is 19.8 Å². The van der Waals surface area contributed by atoms with Crippen LogP contribution in [0, 0.1) is 0 Å². The highest BCUT2D eigenvalue weighted by Crippen LogP contribution is 2.43. The first kappa shape index (κ1) is 51.2. The Balaban J connectivity index is 4.31. The van der Waals surface area contributed by atoms with Gasteiger partial charge in [-0.3, -0.25) is 18.6 Å². The molecule has 0 fully saturated rings. The average molecular weight is 770 g/mol. The number of allylic oxidation sites excluding steroid dienone is 6. The van der Waals surface area contributed by atoms with Gasteiger partial charge in [-0.2, -0.15) is 0 Å². The Morgan fingerprint density at radius 3 is 1.60 bits per heavy atom. The number of nitrogens with zero attached hydrogens (tertiary/aromatic N) is 1. The topological polar surface area (TPSA) is 112 Å². The smallest absolute Gasteiger partial charge is 0.462 e. The molecule has 0 heterocycles. The van der Waals surface area contributed by atoms with Crippen LogP contribution in [0.2, 0.25) is 0 Å². The molecule has 0 aromatic heterocycles. The zero-order chi connectivity index (χ0) is 39.1. The summed E-state index contributed by atoms with van der Waals surface area (Å²) in [6, 6.07) is 0. The maximum atomic E-state index is 12.6. The van der Waals surface area contributed by atoms with E-state index in [4.69, 9.17) is 18.5 Å². The van der Waals surface area contributed by atoms with E-state index in [9.17, 15) is 19.0 Å². The number of unbranched alkanes of at least 4 members (excludes halogenated alkanes) is 19. The summed E-state index contributed by atoms with van der Waals surface area (Å²) in [4.78, 5) is 37.0.